The van der Waals surface area contributed by atoms with Gasteiger partial charge >= 0.3 is 0 Å². The van der Waals surface area contributed by atoms with E-state index in [2.05, 4.69) is 33.4 Å². The standard InChI is InChI=1S/C8H9IN2O2/c1-10-11-8(13)6-3-2-5(9)4-7(6)12/h2-4,10,12H,1H3,(H,11,13). The Morgan fingerprint density at radius 3 is 2.77 bits per heavy atom. The van der Waals surface area contributed by atoms with E-state index in [1.54, 1.807) is 19.2 Å². The van der Waals surface area contributed by atoms with E-state index in [0.29, 0.717) is 0 Å². The Balaban J connectivity index is 2.95. The van der Waals surface area contributed by atoms with Gasteiger partial charge in [0.25, 0.3) is 5.91 Å². The van der Waals surface area contributed by atoms with Crippen molar-refractivity contribution < 1.29 is 9.90 Å². The van der Waals surface area contributed by atoms with Crippen LogP contribution < -0.4 is 10.9 Å². The van der Waals surface area contributed by atoms with Gasteiger partial charge in [0.15, 0.2) is 0 Å². The number of benzene rings is 1. The highest BCUT2D eigenvalue weighted by Gasteiger charge is 2.09. The molecule has 0 aliphatic carbocycles. The van der Waals surface area contributed by atoms with Gasteiger partial charge in [0.1, 0.15) is 5.75 Å². The van der Waals surface area contributed by atoms with Gasteiger partial charge in [-0.25, -0.2) is 5.43 Å². The molecule has 0 aliphatic heterocycles. The fourth-order valence-corrected chi connectivity index (χ4v) is 1.35. The lowest BCUT2D eigenvalue weighted by atomic mass is 10.2. The van der Waals surface area contributed by atoms with Crippen LogP contribution in [0.3, 0.4) is 0 Å². The first kappa shape index (κ1) is 10.3. The molecule has 1 aromatic carbocycles. The zero-order valence-corrected chi connectivity index (χ0v) is 9.12. The fourth-order valence-electron chi connectivity index (χ4n) is 0.878. The molecule has 3 N–H and O–H groups in total. The highest BCUT2D eigenvalue weighted by Crippen LogP contribution is 2.19. The topological polar surface area (TPSA) is 61.4 Å². The van der Waals surface area contributed by atoms with Gasteiger partial charge in [0, 0.05) is 10.6 Å². The van der Waals surface area contributed by atoms with Gasteiger partial charge in [0.2, 0.25) is 0 Å². The van der Waals surface area contributed by atoms with Crippen molar-refractivity contribution >= 4 is 28.5 Å². The molecule has 5 heteroatoms. The zero-order valence-electron chi connectivity index (χ0n) is 6.97. The van der Waals surface area contributed by atoms with Crippen LogP contribution in [0.4, 0.5) is 0 Å². The summed E-state index contributed by atoms with van der Waals surface area (Å²) in [4.78, 5) is 11.2. The van der Waals surface area contributed by atoms with E-state index in [-0.39, 0.29) is 17.2 Å². The van der Waals surface area contributed by atoms with Crippen molar-refractivity contribution in [3.05, 3.63) is 27.3 Å². The number of nitrogens with one attached hydrogen (secondary N) is 2. The lowest BCUT2D eigenvalue weighted by Gasteiger charge is -2.04. The maximum Gasteiger partial charge on any atom is 0.269 e. The fraction of sp³-hybridized carbons (Fsp3) is 0.125. The normalized spacial score (nSPS) is 9.69. The number of amides is 1. The number of phenols is 1. The highest BCUT2D eigenvalue weighted by atomic mass is 127. The average molecular weight is 292 g/mol. The molecule has 0 spiro atoms. The predicted molar refractivity (Wildman–Crippen MR) is 57.3 cm³/mol. The molecule has 1 amide bonds. The van der Waals surface area contributed by atoms with E-state index in [4.69, 9.17) is 0 Å². The van der Waals surface area contributed by atoms with Crippen LogP contribution in [0.5, 0.6) is 5.75 Å². The Morgan fingerprint density at radius 2 is 2.23 bits per heavy atom. The quantitative estimate of drug-likeness (QED) is 0.560. The Kier molecular flexibility index (Phi) is 3.49. The molecule has 0 bridgehead atoms. The lowest BCUT2D eigenvalue weighted by molar-refractivity contribution is 0.0935. The number of carbonyl (C=O) groups is 1. The van der Waals surface area contributed by atoms with Crippen molar-refractivity contribution in [3.8, 4) is 5.75 Å². The minimum Gasteiger partial charge on any atom is -0.507 e. The maximum atomic E-state index is 11.2. The molecule has 0 fully saturated rings. The van der Waals surface area contributed by atoms with Crippen LogP contribution in [-0.4, -0.2) is 18.1 Å². The minimum absolute atomic E-state index is 0.0142. The summed E-state index contributed by atoms with van der Waals surface area (Å²) in [6, 6.07) is 4.86. The first-order valence-corrected chi connectivity index (χ1v) is 4.68. The van der Waals surface area contributed by atoms with E-state index in [1.807, 2.05) is 0 Å². The third-order valence-corrected chi connectivity index (χ3v) is 2.11. The molecule has 1 aromatic rings. The third kappa shape index (κ3) is 2.56. The Labute approximate surface area is 89.4 Å². The van der Waals surface area contributed by atoms with E-state index >= 15 is 0 Å². The molecule has 0 heterocycles. The smallest absolute Gasteiger partial charge is 0.269 e. The molecule has 0 atom stereocenters. The van der Waals surface area contributed by atoms with Gasteiger partial charge in [-0.15, -0.1) is 0 Å². The van der Waals surface area contributed by atoms with Crippen LogP contribution in [0, 0.1) is 3.57 Å². The van der Waals surface area contributed by atoms with Crippen molar-refractivity contribution in [1.29, 1.82) is 0 Å². The highest BCUT2D eigenvalue weighted by molar-refractivity contribution is 14.1. The lowest BCUT2D eigenvalue weighted by Crippen LogP contribution is -2.34. The molecule has 0 saturated carbocycles. The number of phenolic OH excluding ortho intramolecular Hbond substituents is 1. The molecule has 0 aliphatic rings. The summed E-state index contributed by atoms with van der Waals surface area (Å²) in [6.07, 6.45) is 0. The first-order valence-electron chi connectivity index (χ1n) is 3.60. The van der Waals surface area contributed by atoms with Crippen LogP contribution >= 0.6 is 22.6 Å². The summed E-state index contributed by atoms with van der Waals surface area (Å²) in [5, 5.41) is 9.39. The van der Waals surface area contributed by atoms with E-state index < -0.39 is 0 Å². The number of rotatable bonds is 2. The number of carbonyl (C=O) groups excluding carboxylic acids is 1. The van der Waals surface area contributed by atoms with E-state index in [0.717, 1.165) is 3.57 Å². The number of hydrogen-bond donors (Lipinski definition) is 3. The first-order chi connectivity index (χ1) is 6.15. The van der Waals surface area contributed by atoms with Crippen LogP contribution in [0.1, 0.15) is 10.4 Å². The van der Waals surface area contributed by atoms with Crippen molar-refractivity contribution in [2.45, 2.75) is 0 Å². The second kappa shape index (κ2) is 4.43. The summed E-state index contributed by atoms with van der Waals surface area (Å²) < 4.78 is 0.885. The van der Waals surface area contributed by atoms with Gasteiger partial charge in [0.05, 0.1) is 5.56 Å². The summed E-state index contributed by atoms with van der Waals surface area (Å²) >= 11 is 2.06. The van der Waals surface area contributed by atoms with Gasteiger partial charge in [-0.3, -0.25) is 10.2 Å². The second-order valence-electron chi connectivity index (χ2n) is 2.37. The molecule has 0 radical (unpaired) electrons. The Hall–Kier alpha value is -0.820. The van der Waals surface area contributed by atoms with Crippen molar-refractivity contribution in [3.63, 3.8) is 0 Å². The summed E-state index contributed by atoms with van der Waals surface area (Å²) in [5.74, 6) is -0.365. The molecule has 0 saturated heterocycles. The molecule has 13 heavy (non-hydrogen) atoms. The van der Waals surface area contributed by atoms with E-state index in [1.165, 1.54) is 6.07 Å². The minimum atomic E-state index is -0.351. The number of hydrazine groups is 1. The molecule has 0 unspecified atom stereocenters. The summed E-state index contributed by atoms with van der Waals surface area (Å²) in [6.45, 7) is 0. The number of aromatic hydroxyl groups is 1. The van der Waals surface area contributed by atoms with Gasteiger partial charge in [-0.1, -0.05) is 0 Å². The second-order valence-corrected chi connectivity index (χ2v) is 3.61. The van der Waals surface area contributed by atoms with E-state index in [9.17, 15) is 9.90 Å². The van der Waals surface area contributed by atoms with Crippen molar-refractivity contribution in [2.24, 2.45) is 0 Å². The van der Waals surface area contributed by atoms with Gasteiger partial charge < -0.3 is 5.11 Å². The van der Waals surface area contributed by atoms with Crippen molar-refractivity contribution in [2.75, 3.05) is 7.05 Å². The summed E-state index contributed by atoms with van der Waals surface area (Å²) in [7, 11) is 1.58. The maximum absolute atomic E-state index is 11.2. The van der Waals surface area contributed by atoms with Crippen LogP contribution in [-0.2, 0) is 0 Å². The summed E-state index contributed by atoms with van der Waals surface area (Å²) in [5.41, 5.74) is 5.13. The Bertz CT molecular complexity index is 328. The van der Waals surface area contributed by atoms with Crippen molar-refractivity contribution in [1.82, 2.24) is 10.9 Å². The monoisotopic (exact) mass is 292 g/mol. The number of halogens is 1. The van der Waals surface area contributed by atoms with Gasteiger partial charge in [-0.05, 0) is 40.8 Å². The molecule has 70 valence electrons. The Morgan fingerprint density at radius 1 is 1.54 bits per heavy atom. The SMILES string of the molecule is CNNC(=O)c1ccc(I)cc1O. The molecular weight excluding hydrogens is 283 g/mol. The predicted octanol–water partition coefficient (Wildman–Crippen LogP) is 0.861. The number of hydrogen-bond acceptors (Lipinski definition) is 3. The third-order valence-electron chi connectivity index (χ3n) is 1.44. The molecule has 0 aromatic heterocycles. The molecule has 4 nitrogen and oxygen atoms in total. The van der Waals surface area contributed by atoms with Crippen LogP contribution in [0.25, 0.3) is 0 Å². The molecular formula is C8H9IN2O2. The zero-order chi connectivity index (χ0) is 9.84. The van der Waals surface area contributed by atoms with Crippen LogP contribution in [0.2, 0.25) is 0 Å². The van der Waals surface area contributed by atoms with Crippen LogP contribution in [0.15, 0.2) is 18.2 Å². The largest absolute Gasteiger partial charge is 0.507 e. The average Bonchev–Trinajstić information content (AvgIpc) is 2.04. The molecule has 1 rings (SSSR count). The van der Waals surface area contributed by atoms with Gasteiger partial charge in [-0.2, -0.15) is 0 Å².